The Kier molecular flexibility index (Phi) is 4.01. The van der Waals surface area contributed by atoms with E-state index in [4.69, 9.17) is 4.52 Å². The van der Waals surface area contributed by atoms with Gasteiger partial charge in [-0.1, -0.05) is 5.16 Å². The Morgan fingerprint density at radius 2 is 2.28 bits per heavy atom. The van der Waals surface area contributed by atoms with Crippen LogP contribution in [0.1, 0.15) is 36.3 Å². The SMILES string of the molecule is Cc1noc(C)c1CCC(=O)NCC(O)C1CC1. The van der Waals surface area contributed by atoms with Gasteiger partial charge >= 0.3 is 0 Å². The van der Waals surface area contributed by atoms with Crippen LogP contribution in [-0.2, 0) is 11.2 Å². The molecule has 2 N–H and O–H groups in total. The molecular weight excluding hydrogens is 232 g/mol. The topological polar surface area (TPSA) is 75.4 Å². The molecule has 0 radical (unpaired) electrons. The first-order valence-electron chi connectivity index (χ1n) is 6.44. The summed E-state index contributed by atoms with van der Waals surface area (Å²) < 4.78 is 5.04. The molecule has 1 saturated carbocycles. The van der Waals surface area contributed by atoms with E-state index in [1.165, 1.54) is 0 Å². The van der Waals surface area contributed by atoms with Gasteiger partial charge in [-0.3, -0.25) is 4.79 Å². The molecule has 0 spiro atoms. The van der Waals surface area contributed by atoms with Gasteiger partial charge in [-0.25, -0.2) is 0 Å². The number of carbonyl (C=O) groups excluding carboxylic acids is 1. The van der Waals surface area contributed by atoms with E-state index in [2.05, 4.69) is 10.5 Å². The molecule has 1 aliphatic carbocycles. The molecule has 0 bridgehead atoms. The van der Waals surface area contributed by atoms with Crippen LogP contribution in [0.3, 0.4) is 0 Å². The molecule has 100 valence electrons. The number of hydrogen-bond acceptors (Lipinski definition) is 4. The fourth-order valence-corrected chi connectivity index (χ4v) is 2.05. The molecule has 1 amide bonds. The van der Waals surface area contributed by atoms with Gasteiger partial charge in [0.25, 0.3) is 0 Å². The summed E-state index contributed by atoms with van der Waals surface area (Å²) in [6, 6.07) is 0. The lowest BCUT2D eigenvalue weighted by molar-refractivity contribution is -0.121. The Hall–Kier alpha value is -1.36. The van der Waals surface area contributed by atoms with Crippen molar-refractivity contribution in [2.45, 2.75) is 45.6 Å². The van der Waals surface area contributed by atoms with Gasteiger partial charge in [0.05, 0.1) is 11.8 Å². The van der Waals surface area contributed by atoms with E-state index in [9.17, 15) is 9.90 Å². The van der Waals surface area contributed by atoms with Crippen LogP contribution in [0.15, 0.2) is 4.52 Å². The summed E-state index contributed by atoms with van der Waals surface area (Å²) >= 11 is 0. The molecule has 0 aliphatic heterocycles. The highest BCUT2D eigenvalue weighted by Gasteiger charge is 2.29. The molecule has 0 aromatic carbocycles. The number of aliphatic hydroxyl groups is 1. The maximum Gasteiger partial charge on any atom is 0.220 e. The van der Waals surface area contributed by atoms with Gasteiger partial charge in [-0.2, -0.15) is 0 Å². The Morgan fingerprint density at radius 3 is 2.83 bits per heavy atom. The van der Waals surface area contributed by atoms with Crippen LogP contribution in [-0.4, -0.2) is 28.8 Å². The lowest BCUT2D eigenvalue weighted by Gasteiger charge is -2.10. The first-order valence-corrected chi connectivity index (χ1v) is 6.44. The minimum absolute atomic E-state index is 0.0327. The van der Waals surface area contributed by atoms with Crippen molar-refractivity contribution in [1.29, 1.82) is 0 Å². The molecule has 18 heavy (non-hydrogen) atoms. The van der Waals surface area contributed by atoms with Gasteiger partial charge in [0.2, 0.25) is 5.91 Å². The van der Waals surface area contributed by atoms with E-state index in [-0.39, 0.29) is 12.0 Å². The summed E-state index contributed by atoms with van der Waals surface area (Å²) in [6.45, 7) is 4.09. The summed E-state index contributed by atoms with van der Waals surface area (Å²) in [4.78, 5) is 11.6. The van der Waals surface area contributed by atoms with Crippen molar-refractivity contribution < 1.29 is 14.4 Å². The molecule has 1 unspecified atom stereocenters. The third-order valence-electron chi connectivity index (χ3n) is 3.46. The van der Waals surface area contributed by atoms with E-state index < -0.39 is 0 Å². The number of hydrogen-bond donors (Lipinski definition) is 2. The van der Waals surface area contributed by atoms with Crippen LogP contribution in [0, 0.1) is 19.8 Å². The minimum Gasteiger partial charge on any atom is -0.391 e. The number of aryl methyl sites for hydroxylation is 2. The van der Waals surface area contributed by atoms with Gasteiger partial charge in [0, 0.05) is 18.5 Å². The van der Waals surface area contributed by atoms with Crippen molar-refractivity contribution in [2.75, 3.05) is 6.54 Å². The Bertz CT molecular complexity index is 404. The molecule has 1 heterocycles. The van der Waals surface area contributed by atoms with Gasteiger partial charge in [-0.15, -0.1) is 0 Å². The molecule has 2 rings (SSSR count). The maximum absolute atomic E-state index is 11.6. The molecule has 1 aliphatic rings. The first-order chi connectivity index (χ1) is 8.58. The lowest BCUT2D eigenvalue weighted by Crippen LogP contribution is -2.33. The number of aliphatic hydroxyl groups excluding tert-OH is 1. The number of nitrogens with zero attached hydrogens (tertiary/aromatic N) is 1. The molecule has 0 saturated heterocycles. The van der Waals surface area contributed by atoms with Crippen molar-refractivity contribution in [3.05, 3.63) is 17.0 Å². The van der Waals surface area contributed by atoms with Crippen LogP contribution in [0.4, 0.5) is 0 Å². The van der Waals surface area contributed by atoms with Gasteiger partial charge in [0.1, 0.15) is 5.76 Å². The molecular formula is C13H20N2O3. The number of nitrogens with one attached hydrogen (secondary N) is 1. The smallest absolute Gasteiger partial charge is 0.220 e. The van der Waals surface area contributed by atoms with Crippen molar-refractivity contribution in [3.8, 4) is 0 Å². The first kappa shape index (κ1) is 13.1. The van der Waals surface area contributed by atoms with E-state index in [0.717, 1.165) is 29.9 Å². The van der Waals surface area contributed by atoms with Crippen molar-refractivity contribution in [1.82, 2.24) is 10.5 Å². The molecule has 1 atom stereocenters. The van der Waals surface area contributed by atoms with Crippen molar-refractivity contribution in [2.24, 2.45) is 5.92 Å². The summed E-state index contributed by atoms with van der Waals surface area (Å²) in [7, 11) is 0. The minimum atomic E-state index is -0.381. The number of aromatic nitrogens is 1. The maximum atomic E-state index is 11.6. The van der Waals surface area contributed by atoms with Crippen molar-refractivity contribution >= 4 is 5.91 Å². The van der Waals surface area contributed by atoms with E-state index >= 15 is 0 Å². The highest BCUT2D eigenvalue weighted by atomic mass is 16.5. The molecule has 5 heteroatoms. The van der Waals surface area contributed by atoms with Crippen LogP contribution in [0.25, 0.3) is 0 Å². The fraction of sp³-hybridized carbons (Fsp3) is 0.692. The van der Waals surface area contributed by atoms with E-state index in [1.807, 2.05) is 13.8 Å². The van der Waals surface area contributed by atoms with E-state index in [1.54, 1.807) is 0 Å². The summed E-state index contributed by atoms with van der Waals surface area (Å²) in [5.41, 5.74) is 1.85. The predicted octanol–water partition coefficient (Wildman–Crippen LogP) is 1.11. The average molecular weight is 252 g/mol. The average Bonchev–Trinajstić information content (AvgIpc) is 3.13. The van der Waals surface area contributed by atoms with Gasteiger partial charge in [-0.05, 0) is 39.0 Å². The quantitative estimate of drug-likeness (QED) is 0.795. The highest BCUT2D eigenvalue weighted by Crippen LogP contribution is 2.32. The van der Waals surface area contributed by atoms with Gasteiger partial charge < -0.3 is 14.9 Å². The predicted molar refractivity (Wildman–Crippen MR) is 66.0 cm³/mol. The van der Waals surface area contributed by atoms with E-state index in [0.29, 0.717) is 25.3 Å². The second kappa shape index (κ2) is 5.52. The lowest BCUT2D eigenvalue weighted by atomic mass is 10.1. The van der Waals surface area contributed by atoms with Crippen LogP contribution in [0.2, 0.25) is 0 Å². The summed E-state index contributed by atoms with van der Waals surface area (Å²) in [5, 5.41) is 16.3. The Labute approximate surface area is 107 Å². The summed E-state index contributed by atoms with van der Waals surface area (Å²) in [5.74, 6) is 1.14. The largest absolute Gasteiger partial charge is 0.391 e. The number of rotatable bonds is 6. The van der Waals surface area contributed by atoms with Crippen LogP contribution >= 0.6 is 0 Å². The zero-order chi connectivity index (χ0) is 13.1. The Balaban J connectivity index is 1.71. The highest BCUT2D eigenvalue weighted by molar-refractivity contribution is 5.76. The fourth-order valence-electron chi connectivity index (χ4n) is 2.05. The zero-order valence-electron chi connectivity index (χ0n) is 10.9. The standard InChI is InChI=1S/C13H20N2O3/c1-8-11(9(2)18-15-8)5-6-13(17)14-7-12(16)10-3-4-10/h10,12,16H,3-7H2,1-2H3,(H,14,17). The van der Waals surface area contributed by atoms with Crippen LogP contribution < -0.4 is 5.32 Å². The third-order valence-corrected chi connectivity index (χ3v) is 3.46. The second-order valence-electron chi connectivity index (χ2n) is 5.01. The number of carbonyl (C=O) groups is 1. The van der Waals surface area contributed by atoms with Crippen LogP contribution in [0.5, 0.6) is 0 Å². The molecule has 1 aromatic rings. The van der Waals surface area contributed by atoms with Gasteiger partial charge in [0.15, 0.2) is 0 Å². The number of amides is 1. The summed E-state index contributed by atoms with van der Waals surface area (Å²) in [6.07, 6.45) is 2.81. The normalized spacial score (nSPS) is 16.6. The zero-order valence-corrected chi connectivity index (χ0v) is 10.9. The second-order valence-corrected chi connectivity index (χ2v) is 5.01. The molecule has 5 nitrogen and oxygen atoms in total. The van der Waals surface area contributed by atoms with Crippen molar-refractivity contribution in [3.63, 3.8) is 0 Å². The molecule has 1 aromatic heterocycles. The monoisotopic (exact) mass is 252 g/mol. The third kappa shape index (κ3) is 3.32. The molecule has 1 fully saturated rings. The Morgan fingerprint density at radius 1 is 1.56 bits per heavy atom.